The van der Waals surface area contributed by atoms with Gasteiger partial charge in [-0.05, 0) is 25.1 Å². The molecule has 0 aliphatic carbocycles. The molecular weight excluding hydrogens is 253 g/mol. The molecular formula is C12H16FN3O3. The van der Waals surface area contributed by atoms with Gasteiger partial charge in [0.15, 0.2) is 0 Å². The van der Waals surface area contributed by atoms with E-state index >= 15 is 0 Å². The summed E-state index contributed by atoms with van der Waals surface area (Å²) in [5, 5.41) is 5.08. The fourth-order valence-electron chi connectivity index (χ4n) is 1.47. The van der Waals surface area contributed by atoms with Crippen LogP contribution in [0.2, 0.25) is 0 Å². The van der Waals surface area contributed by atoms with Crippen molar-refractivity contribution in [3.8, 4) is 0 Å². The molecule has 6 nitrogen and oxygen atoms in total. The molecule has 0 aromatic heterocycles. The summed E-state index contributed by atoms with van der Waals surface area (Å²) in [6.45, 7) is 2.13. The van der Waals surface area contributed by atoms with E-state index in [2.05, 4.69) is 10.6 Å². The highest BCUT2D eigenvalue weighted by molar-refractivity contribution is 5.96. The van der Waals surface area contributed by atoms with Gasteiger partial charge >= 0.3 is 6.03 Å². The van der Waals surface area contributed by atoms with Gasteiger partial charge in [0.2, 0.25) is 0 Å². The number of ether oxygens (including phenoxy) is 1. The second-order valence-corrected chi connectivity index (χ2v) is 4.01. The number of urea groups is 1. The Morgan fingerprint density at radius 2 is 2.16 bits per heavy atom. The van der Waals surface area contributed by atoms with Gasteiger partial charge in [-0.25, -0.2) is 9.18 Å². The Labute approximate surface area is 110 Å². The van der Waals surface area contributed by atoms with Crippen LogP contribution in [-0.2, 0) is 4.74 Å². The third-order valence-corrected chi connectivity index (χ3v) is 2.28. The average molecular weight is 269 g/mol. The SMILES string of the molecule is COC[C@H](C)NC(=O)Nc1ccc(F)c(C(N)=O)c1. The van der Waals surface area contributed by atoms with Crippen LogP contribution in [0.5, 0.6) is 0 Å². The van der Waals surface area contributed by atoms with Crippen molar-refractivity contribution in [2.45, 2.75) is 13.0 Å². The second kappa shape index (κ2) is 6.69. The van der Waals surface area contributed by atoms with Gasteiger partial charge in [-0.1, -0.05) is 0 Å². The maximum atomic E-state index is 13.2. The summed E-state index contributed by atoms with van der Waals surface area (Å²) >= 11 is 0. The summed E-state index contributed by atoms with van der Waals surface area (Å²) < 4.78 is 18.1. The highest BCUT2D eigenvalue weighted by Gasteiger charge is 2.11. The lowest BCUT2D eigenvalue weighted by Crippen LogP contribution is -2.38. The van der Waals surface area contributed by atoms with Crippen LogP contribution < -0.4 is 16.4 Å². The van der Waals surface area contributed by atoms with E-state index < -0.39 is 17.8 Å². The summed E-state index contributed by atoms with van der Waals surface area (Å²) in [5.74, 6) is -1.62. The molecule has 0 aliphatic rings. The van der Waals surface area contributed by atoms with Crippen LogP contribution in [-0.4, -0.2) is 31.7 Å². The summed E-state index contributed by atoms with van der Waals surface area (Å²) in [6.07, 6.45) is 0. The molecule has 0 aliphatic heterocycles. The first kappa shape index (κ1) is 14.9. The number of halogens is 1. The molecule has 0 bridgehead atoms. The largest absolute Gasteiger partial charge is 0.383 e. The van der Waals surface area contributed by atoms with Crippen LogP contribution >= 0.6 is 0 Å². The summed E-state index contributed by atoms with van der Waals surface area (Å²) in [6, 6.07) is 2.92. The molecule has 7 heteroatoms. The first-order valence-electron chi connectivity index (χ1n) is 5.60. The van der Waals surface area contributed by atoms with E-state index in [4.69, 9.17) is 10.5 Å². The number of nitrogens with two attached hydrogens (primary N) is 1. The number of hydrogen-bond acceptors (Lipinski definition) is 3. The Hall–Kier alpha value is -2.15. The second-order valence-electron chi connectivity index (χ2n) is 4.01. The number of primary amides is 1. The molecule has 0 unspecified atom stereocenters. The van der Waals surface area contributed by atoms with Crippen LogP contribution in [0.25, 0.3) is 0 Å². The molecule has 1 aromatic carbocycles. The monoisotopic (exact) mass is 269 g/mol. The Morgan fingerprint density at radius 3 is 2.74 bits per heavy atom. The molecule has 0 spiro atoms. The van der Waals surface area contributed by atoms with Crippen molar-refractivity contribution in [3.63, 3.8) is 0 Å². The molecule has 19 heavy (non-hydrogen) atoms. The highest BCUT2D eigenvalue weighted by atomic mass is 19.1. The van der Waals surface area contributed by atoms with Crippen molar-refractivity contribution in [2.24, 2.45) is 5.73 Å². The van der Waals surface area contributed by atoms with Gasteiger partial charge in [0.25, 0.3) is 5.91 Å². The van der Waals surface area contributed by atoms with Crippen LogP contribution in [0.1, 0.15) is 17.3 Å². The summed E-state index contributed by atoms with van der Waals surface area (Å²) in [4.78, 5) is 22.5. The van der Waals surface area contributed by atoms with Crippen molar-refractivity contribution in [3.05, 3.63) is 29.6 Å². The number of rotatable bonds is 5. The van der Waals surface area contributed by atoms with Crippen molar-refractivity contribution in [2.75, 3.05) is 19.0 Å². The number of carbonyl (C=O) groups excluding carboxylic acids is 2. The van der Waals surface area contributed by atoms with Gasteiger partial charge in [-0.15, -0.1) is 0 Å². The molecule has 3 amide bonds. The lowest BCUT2D eigenvalue weighted by atomic mass is 10.2. The molecule has 4 N–H and O–H groups in total. The number of amides is 3. The number of benzene rings is 1. The maximum Gasteiger partial charge on any atom is 0.319 e. The van der Waals surface area contributed by atoms with Gasteiger partial charge in [-0.3, -0.25) is 4.79 Å². The van der Waals surface area contributed by atoms with Gasteiger partial charge in [0.1, 0.15) is 5.82 Å². The van der Waals surface area contributed by atoms with E-state index in [1.807, 2.05) is 0 Å². The number of hydrogen-bond donors (Lipinski definition) is 3. The first-order chi connectivity index (χ1) is 8.93. The van der Waals surface area contributed by atoms with Crippen molar-refractivity contribution in [1.82, 2.24) is 5.32 Å². The Kier molecular flexibility index (Phi) is 5.25. The number of anilines is 1. The molecule has 1 atom stereocenters. The third-order valence-electron chi connectivity index (χ3n) is 2.28. The van der Waals surface area contributed by atoms with Crippen LogP contribution in [0.3, 0.4) is 0 Å². The van der Waals surface area contributed by atoms with E-state index in [0.29, 0.717) is 6.61 Å². The molecule has 0 saturated heterocycles. The number of nitrogens with one attached hydrogen (secondary N) is 2. The van der Waals surface area contributed by atoms with Gasteiger partial charge < -0.3 is 21.1 Å². The van der Waals surface area contributed by atoms with Gasteiger partial charge in [-0.2, -0.15) is 0 Å². The minimum absolute atomic E-state index is 0.180. The standard InChI is InChI=1S/C12H16FN3O3/c1-7(6-19-2)15-12(18)16-8-3-4-10(13)9(5-8)11(14)17/h3-5,7H,6H2,1-2H3,(H2,14,17)(H2,15,16,18)/t7-/m0/s1. The zero-order valence-corrected chi connectivity index (χ0v) is 10.7. The smallest absolute Gasteiger partial charge is 0.319 e. The fourth-order valence-corrected chi connectivity index (χ4v) is 1.47. The average Bonchev–Trinajstić information content (AvgIpc) is 2.31. The van der Waals surface area contributed by atoms with E-state index in [1.165, 1.54) is 19.2 Å². The van der Waals surface area contributed by atoms with E-state index in [1.54, 1.807) is 6.92 Å². The first-order valence-corrected chi connectivity index (χ1v) is 5.60. The van der Waals surface area contributed by atoms with Crippen LogP contribution in [0.15, 0.2) is 18.2 Å². The fraction of sp³-hybridized carbons (Fsp3) is 0.333. The quantitative estimate of drug-likeness (QED) is 0.746. The molecule has 1 rings (SSSR count). The van der Waals surface area contributed by atoms with Crippen LogP contribution in [0, 0.1) is 5.82 Å². The summed E-state index contributed by atoms with van der Waals surface area (Å²) in [5.41, 5.74) is 5.01. The summed E-state index contributed by atoms with van der Waals surface area (Å²) in [7, 11) is 1.52. The molecule has 0 radical (unpaired) electrons. The predicted molar refractivity (Wildman–Crippen MR) is 68.4 cm³/mol. The molecule has 0 saturated carbocycles. The topological polar surface area (TPSA) is 93.4 Å². The molecule has 0 heterocycles. The molecule has 1 aromatic rings. The van der Waals surface area contributed by atoms with Crippen molar-refractivity contribution < 1.29 is 18.7 Å². The Bertz CT molecular complexity index is 479. The van der Waals surface area contributed by atoms with Crippen molar-refractivity contribution in [1.29, 1.82) is 0 Å². The van der Waals surface area contributed by atoms with E-state index in [0.717, 1.165) is 6.07 Å². The predicted octanol–water partition coefficient (Wildman–Crippen LogP) is 1.08. The van der Waals surface area contributed by atoms with Crippen molar-refractivity contribution >= 4 is 17.6 Å². The zero-order valence-electron chi connectivity index (χ0n) is 10.7. The molecule has 0 fully saturated rings. The number of methoxy groups -OCH3 is 1. The van der Waals surface area contributed by atoms with Gasteiger partial charge in [0.05, 0.1) is 18.2 Å². The minimum atomic E-state index is -0.894. The highest BCUT2D eigenvalue weighted by Crippen LogP contribution is 2.14. The molecule has 104 valence electrons. The normalized spacial score (nSPS) is 11.7. The minimum Gasteiger partial charge on any atom is -0.383 e. The zero-order chi connectivity index (χ0) is 14.4. The Morgan fingerprint density at radius 1 is 1.47 bits per heavy atom. The maximum absolute atomic E-state index is 13.2. The van der Waals surface area contributed by atoms with Crippen LogP contribution in [0.4, 0.5) is 14.9 Å². The van der Waals surface area contributed by atoms with Gasteiger partial charge in [0, 0.05) is 12.8 Å². The Balaban J connectivity index is 2.69. The third kappa shape index (κ3) is 4.55. The van der Waals surface area contributed by atoms with E-state index in [-0.39, 0.29) is 17.3 Å². The number of carbonyl (C=O) groups is 2. The lowest BCUT2D eigenvalue weighted by molar-refractivity contribution is 0.0996. The lowest BCUT2D eigenvalue weighted by Gasteiger charge is -2.14. The van der Waals surface area contributed by atoms with E-state index in [9.17, 15) is 14.0 Å².